The van der Waals surface area contributed by atoms with Crippen LogP contribution >= 0.6 is 11.3 Å². The van der Waals surface area contributed by atoms with E-state index in [1.54, 1.807) is 44.4 Å². The number of aryl methyl sites for hydroxylation is 1. The number of rotatable bonds is 7. The highest BCUT2D eigenvalue weighted by atomic mass is 32.2. The molecular formula is C23H23N5O5S2. The van der Waals surface area contributed by atoms with E-state index in [0.717, 1.165) is 21.1 Å². The predicted molar refractivity (Wildman–Crippen MR) is 134 cm³/mol. The van der Waals surface area contributed by atoms with Crippen molar-refractivity contribution < 1.29 is 22.5 Å². The van der Waals surface area contributed by atoms with E-state index in [2.05, 4.69) is 25.1 Å². The van der Waals surface area contributed by atoms with Gasteiger partial charge in [0.05, 0.1) is 28.3 Å². The lowest BCUT2D eigenvalue weighted by Gasteiger charge is -2.37. The summed E-state index contributed by atoms with van der Waals surface area (Å²) in [7, 11) is -2.23. The summed E-state index contributed by atoms with van der Waals surface area (Å²) in [5.41, 5.74) is 2.57. The third-order valence-corrected chi connectivity index (χ3v) is 8.36. The fourth-order valence-corrected chi connectivity index (χ4v) is 5.71. The Morgan fingerprint density at radius 1 is 1.17 bits per heavy atom. The number of methoxy groups -OCH3 is 1. The van der Waals surface area contributed by atoms with E-state index in [9.17, 15) is 13.2 Å². The first kappa shape index (κ1) is 23.1. The number of nitrogens with one attached hydrogen (secondary N) is 2. The van der Waals surface area contributed by atoms with Gasteiger partial charge in [-0.15, -0.1) is 0 Å². The zero-order chi connectivity index (χ0) is 24.7. The van der Waals surface area contributed by atoms with Crippen LogP contribution in [0.3, 0.4) is 0 Å². The molecule has 2 aromatic carbocycles. The van der Waals surface area contributed by atoms with E-state index in [-0.39, 0.29) is 22.6 Å². The smallest absolute Gasteiger partial charge is 0.264 e. The SMILES string of the molecule is COc1cccc2sc(N3CC(C(=O)Nc4ccc(S(=O)(=O)Nc5onc(C)c5C)cc4)C3)nc12. The molecule has 0 spiro atoms. The highest BCUT2D eigenvalue weighted by Crippen LogP contribution is 2.36. The second-order valence-electron chi connectivity index (χ2n) is 8.25. The fourth-order valence-electron chi connectivity index (χ4n) is 3.67. The van der Waals surface area contributed by atoms with Crippen LogP contribution in [0.25, 0.3) is 10.2 Å². The molecule has 1 aliphatic rings. The van der Waals surface area contributed by atoms with Crippen molar-refractivity contribution in [2.24, 2.45) is 5.92 Å². The van der Waals surface area contributed by atoms with E-state index in [4.69, 9.17) is 9.26 Å². The lowest BCUT2D eigenvalue weighted by Crippen LogP contribution is -2.52. The third-order valence-electron chi connectivity index (χ3n) is 5.93. The van der Waals surface area contributed by atoms with E-state index in [1.807, 2.05) is 18.2 Å². The van der Waals surface area contributed by atoms with Crippen molar-refractivity contribution in [1.82, 2.24) is 10.1 Å². The highest BCUT2D eigenvalue weighted by molar-refractivity contribution is 7.92. The molecule has 10 nitrogen and oxygen atoms in total. The summed E-state index contributed by atoms with van der Waals surface area (Å²) >= 11 is 1.56. The summed E-state index contributed by atoms with van der Waals surface area (Å²) in [4.78, 5) is 19.5. The molecule has 0 bridgehead atoms. The van der Waals surface area contributed by atoms with Gasteiger partial charge in [-0.2, -0.15) is 0 Å². The second kappa shape index (κ2) is 8.86. The Kier molecular flexibility index (Phi) is 5.85. The van der Waals surface area contributed by atoms with Gasteiger partial charge in [0.2, 0.25) is 11.8 Å². The van der Waals surface area contributed by atoms with Crippen molar-refractivity contribution in [2.45, 2.75) is 18.7 Å². The van der Waals surface area contributed by atoms with Crippen LogP contribution in [0.5, 0.6) is 5.75 Å². The molecule has 2 aromatic heterocycles. The van der Waals surface area contributed by atoms with Gasteiger partial charge in [0.15, 0.2) is 5.13 Å². The number of benzene rings is 2. The predicted octanol–water partition coefficient (Wildman–Crippen LogP) is 3.79. The molecule has 4 aromatic rings. The number of para-hydroxylation sites is 1. The summed E-state index contributed by atoms with van der Waals surface area (Å²) < 4.78 is 39.1. The number of carbonyl (C=O) groups excluding carboxylic acids is 1. The molecular weight excluding hydrogens is 490 g/mol. The van der Waals surface area contributed by atoms with E-state index in [1.165, 1.54) is 12.1 Å². The second-order valence-corrected chi connectivity index (χ2v) is 10.9. The largest absolute Gasteiger partial charge is 0.494 e. The number of hydrogen-bond donors (Lipinski definition) is 2. The van der Waals surface area contributed by atoms with Gasteiger partial charge in [0.1, 0.15) is 11.3 Å². The first-order valence-electron chi connectivity index (χ1n) is 10.8. The maximum absolute atomic E-state index is 12.7. The van der Waals surface area contributed by atoms with Crippen molar-refractivity contribution in [3.05, 3.63) is 53.7 Å². The van der Waals surface area contributed by atoms with Gasteiger partial charge < -0.3 is 19.5 Å². The highest BCUT2D eigenvalue weighted by Gasteiger charge is 2.34. The van der Waals surface area contributed by atoms with Crippen LogP contribution in [-0.2, 0) is 14.8 Å². The summed E-state index contributed by atoms with van der Waals surface area (Å²) in [6, 6.07) is 11.8. The number of anilines is 3. The van der Waals surface area contributed by atoms with Gasteiger partial charge in [-0.05, 0) is 50.2 Å². The number of aromatic nitrogens is 2. The zero-order valence-electron chi connectivity index (χ0n) is 19.2. The molecule has 12 heteroatoms. The summed E-state index contributed by atoms with van der Waals surface area (Å²) in [6.45, 7) is 4.56. The molecule has 1 amide bonds. The quantitative estimate of drug-likeness (QED) is 0.382. The monoisotopic (exact) mass is 513 g/mol. The van der Waals surface area contributed by atoms with Crippen LogP contribution in [0, 0.1) is 19.8 Å². The Morgan fingerprint density at radius 2 is 1.91 bits per heavy atom. The minimum atomic E-state index is -3.85. The number of nitrogens with zero attached hydrogens (tertiary/aromatic N) is 3. The van der Waals surface area contributed by atoms with Gasteiger partial charge >= 0.3 is 0 Å². The molecule has 182 valence electrons. The van der Waals surface area contributed by atoms with Gasteiger partial charge in [-0.3, -0.25) is 4.79 Å². The van der Waals surface area contributed by atoms with Crippen LogP contribution in [-0.4, -0.2) is 44.7 Å². The topological polar surface area (TPSA) is 127 Å². The lowest BCUT2D eigenvalue weighted by molar-refractivity contribution is -0.120. The Balaban J connectivity index is 1.19. The Hall–Kier alpha value is -3.64. The van der Waals surface area contributed by atoms with Crippen molar-refractivity contribution >= 4 is 54.2 Å². The molecule has 0 atom stereocenters. The third kappa shape index (κ3) is 4.42. The van der Waals surface area contributed by atoms with Crippen molar-refractivity contribution in [3.63, 3.8) is 0 Å². The number of thiazole rings is 1. The first-order chi connectivity index (χ1) is 16.7. The number of carbonyl (C=O) groups is 1. The van der Waals surface area contributed by atoms with Crippen LogP contribution in [0.4, 0.5) is 16.7 Å². The normalized spacial score (nSPS) is 14.1. The Morgan fingerprint density at radius 3 is 2.57 bits per heavy atom. The summed E-state index contributed by atoms with van der Waals surface area (Å²) in [5, 5.41) is 7.46. The number of amides is 1. The minimum absolute atomic E-state index is 0.0463. The van der Waals surface area contributed by atoms with Crippen LogP contribution in [0.1, 0.15) is 11.3 Å². The van der Waals surface area contributed by atoms with Crippen molar-refractivity contribution in [3.8, 4) is 5.75 Å². The van der Waals surface area contributed by atoms with Crippen LogP contribution in [0.15, 0.2) is 51.9 Å². The summed E-state index contributed by atoms with van der Waals surface area (Å²) in [6.07, 6.45) is 0. The van der Waals surface area contributed by atoms with E-state index in [0.29, 0.717) is 30.0 Å². The van der Waals surface area contributed by atoms with Gasteiger partial charge in [-0.25, -0.2) is 18.1 Å². The molecule has 35 heavy (non-hydrogen) atoms. The summed E-state index contributed by atoms with van der Waals surface area (Å²) in [5.74, 6) is 0.501. The number of fused-ring (bicyclic) bond motifs is 1. The van der Waals surface area contributed by atoms with Gasteiger partial charge in [-0.1, -0.05) is 22.6 Å². The molecule has 0 unspecified atom stereocenters. The zero-order valence-corrected chi connectivity index (χ0v) is 20.9. The maximum Gasteiger partial charge on any atom is 0.264 e. The van der Waals surface area contributed by atoms with E-state index >= 15 is 0 Å². The van der Waals surface area contributed by atoms with Gasteiger partial charge in [0.25, 0.3) is 10.0 Å². The fraction of sp³-hybridized carbons (Fsp3) is 0.261. The van der Waals surface area contributed by atoms with Crippen LogP contribution in [0.2, 0.25) is 0 Å². The van der Waals surface area contributed by atoms with Crippen molar-refractivity contribution in [1.29, 1.82) is 0 Å². The Bertz CT molecular complexity index is 1510. The molecule has 0 radical (unpaired) electrons. The average Bonchev–Trinajstić information content (AvgIpc) is 3.36. The molecule has 1 saturated heterocycles. The van der Waals surface area contributed by atoms with Gasteiger partial charge in [0, 0.05) is 24.3 Å². The number of ether oxygens (including phenoxy) is 1. The lowest BCUT2D eigenvalue weighted by atomic mass is 10.00. The first-order valence-corrected chi connectivity index (χ1v) is 13.1. The van der Waals surface area contributed by atoms with Crippen molar-refractivity contribution in [2.75, 3.05) is 35.1 Å². The standard InChI is InChI=1S/C23H23N5O5S2/c1-13-14(2)26-33-22(13)27-35(30,31)17-9-7-16(8-10-17)24-21(29)15-11-28(12-15)23-25-20-18(32-3)5-4-6-19(20)34-23/h4-10,15,27H,11-12H2,1-3H3,(H,24,29). The molecule has 2 N–H and O–H groups in total. The maximum atomic E-state index is 12.7. The number of sulfonamides is 1. The Labute approximate surface area is 205 Å². The molecule has 3 heterocycles. The van der Waals surface area contributed by atoms with E-state index < -0.39 is 10.0 Å². The van der Waals surface area contributed by atoms with Crippen LogP contribution < -0.4 is 19.7 Å². The molecule has 0 saturated carbocycles. The molecule has 1 fully saturated rings. The molecule has 5 rings (SSSR count). The number of hydrogen-bond acceptors (Lipinski definition) is 9. The molecule has 1 aliphatic heterocycles. The minimum Gasteiger partial charge on any atom is -0.494 e. The molecule has 0 aliphatic carbocycles. The average molecular weight is 514 g/mol.